The number of aromatic hydroxyl groups is 2. The van der Waals surface area contributed by atoms with Gasteiger partial charge in [0, 0.05) is 16.5 Å². The van der Waals surface area contributed by atoms with Gasteiger partial charge in [0.15, 0.2) is 0 Å². The van der Waals surface area contributed by atoms with Crippen LogP contribution in [-0.2, 0) is 0 Å². The highest BCUT2D eigenvalue weighted by molar-refractivity contribution is 5.87. The summed E-state index contributed by atoms with van der Waals surface area (Å²) < 4.78 is 5.74. The first-order valence-electron chi connectivity index (χ1n) is 5.66. The molecule has 3 heteroatoms. The monoisotopic (exact) mass is 240 g/mol. The van der Waals surface area contributed by atoms with Gasteiger partial charge in [0.05, 0.1) is 0 Å². The SMILES string of the molecule is Cc1c(O)ccc2oc(-c3ccc(O)cc3)cc12. The molecule has 0 saturated heterocycles. The van der Waals surface area contributed by atoms with Crippen LogP contribution >= 0.6 is 0 Å². The van der Waals surface area contributed by atoms with Crippen LogP contribution in [-0.4, -0.2) is 10.2 Å². The molecule has 0 aliphatic rings. The molecule has 3 nitrogen and oxygen atoms in total. The molecule has 3 aromatic rings. The van der Waals surface area contributed by atoms with Gasteiger partial charge in [-0.3, -0.25) is 0 Å². The van der Waals surface area contributed by atoms with E-state index in [-0.39, 0.29) is 11.5 Å². The molecule has 90 valence electrons. The van der Waals surface area contributed by atoms with Gasteiger partial charge >= 0.3 is 0 Å². The fraction of sp³-hybridized carbons (Fsp3) is 0.0667. The van der Waals surface area contributed by atoms with Crippen LogP contribution in [0.15, 0.2) is 46.9 Å². The minimum Gasteiger partial charge on any atom is -0.508 e. The minimum atomic E-state index is 0.226. The Hall–Kier alpha value is -2.42. The Bertz CT molecular complexity index is 708. The van der Waals surface area contributed by atoms with Crippen molar-refractivity contribution in [3.8, 4) is 22.8 Å². The summed E-state index contributed by atoms with van der Waals surface area (Å²) in [5, 5.41) is 19.8. The van der Waals surface area contributed by atoms with Crippen LogP contribution in [0.1, 0.15) is 5.56 Å². The number of rotatable bonds is 1. The minimum absolute atomic E-state index is 0.226. The Morgan fingerprint density at radius 3 is 2.39 bits per heavy atom. The number of aryl methyl sites for hydroxylation is 1. The van der Waals surface area contributed by atoms with E-state index < -0.39 is 0 Å². The van der Waals surface area contributed by atoms with Crippen molar-refractivity contribution in [2.45, 2.75) is 6.92 Å². The lowest BCUT2D eigenvalue weighted by Crippen LogP contribution is -1.74. The second-order valence-electron chi connectivity index (χ2n) is 4.28. The molecule has 18 heavy (non-hydrogen) atoms. The Labute approximate surface area is 104 Å². The van der Waals surface area contributed by atoms with Crippen LogP contribution in [0.25, 0.3) is 22.3 Å². The highest BCUT2D eigenvalue weighted by Crippen LogP contribution is 2.33. The summed E-state index contributed by atoms with van der Waals surface area (Å²) in [6, 6.07) is 12.1. The zero-order valence-corrected chi connectivity index (χ0v) is 9.84. The number of hydrogen-bond acceptors (Lipinski definition) is 3. The van der Waals surface area contributed by atoms with Crippen LogP contribution in [0.5, 0.6) is 11.5 Å². The number of benzene rings is 2. The maximum Gasteiger partial charge on any atom is 0.135 e. The van der Waals surface area contributed by atoms with Gasteiger partial charge in [0.1, 0.15) is 22.8 Å². The van der Waals surface area contributed by atoms with Crippen molar-refractivity contribution in [2.75, 3.05) is 0 Å². The van der Waals surface area contributed by atoms with Crippen molar-refractivity contribution >= 4 is 11.0 Å². The largest absolute Gasteiger partial charge is 0.508 e. The zero-order chi connectivity index (χ0) is 12.7. The standard InChI is InChI=1S/C15H12O3/c1-9-12-8-15(10-2-4-11(16)5-3-10)18-14(12)7-6-13(9)17/h2-8,16-17H,1H3. The first-order chi connectivity index (χ1) is 8.65. The van der Waals surface area contributed by atoms with E-state index in [9.17, 15) is 10.2 Å². The van der Waals surface area contributed by atoms with Crippen molar-refractivity contribution in [1.29, 1.82) is 0 Å². The van der Waals surface area contributed by atoms with E-state index in [1.54, 1.807) is 36.4 Å². The lowest BCUT2D eigenvalue weighted by Gasteiger charge is -1.97. The molecule has 0 radical (unpaired) electrons. The van der Waals surface area contributed by atoms with Gasteiger partial charge in [-0.15, -0.1) is 0 Å². The third-order valence-corrected chi connectivity index (χ3v) is 3.09. The van der Waals surface area contributed by atoms with Gasteiger partial charge in [0.2, 0.25) is 0 Å². The van der Waals surface area contributed by atoms with Crippen LogP contribution in [0.4, 0.5) is 0 Å². The van der Waals surface area contributed by atoms with Crippen LogP contribution in [0, 0.1) is 6.92 Å². The molecule has 2 aromatic carbocycles. The van der Waals surface area contributed by atoms with Crippen LogP contribution in [0.2, 0.25) is 0 Å². The number of phenols is 2. The second kappa shape index (κ2) is 3.81. The first kappa shape index (κ1) is 10.7. The van der Waals surface area contributed by atoms with E-state index >= 15 is 0 Å². The molecule has 0 bridgehead atoms. The average Bonchev–Trinajstić information content (AvgIpc) is 2.80. The molecule has 3 rings (SSSR count). The van der Waals surface area contributed by atoms with Crippen molar-refractivity contribution in [3.05, 3.63) is 48.0 Å². The molecule has 0 spiro atoms. The maximum absolute atomic E-state index is 9.66. The summed E-state index contributed by atoms with van der Waals surface area (Å²) >= 11 is 0. The molecule has 0 atom stereocenters. The van der Waals surface area contributed by atoms with Crippen molar-refractivity contribution in [1.82, 2.24) is 0 Å². The molecule has 0 saturated carbocycles. The van der Waals surface area contributed by atoms with E-state index in [0.29, 0.717) is 0 Å². The van der Waals surface area contributed by atoms with E-state index in [1.165, 1.54) is 0 Å². The Morgan fingerprint density at radius 1 is 0.944 bits per heavy atom. The van der Waals surface area contributed by atoms with Gasteiger partial charge in [-0.05, 0) is 49.4 Å². The van der Waals surface area contributed by atoms with E-state index in [2.05, 4.69) is 0 Å². The van der Waals surface area contributed by atoms with Crippen LogP contribution < -0.4 is 0 Å². The lowest BCUT2D eigenvalue weighted by atomic mass is 10.1. The number of hydrogen-bond donors (Lipinski definition) is 2. The van der Waals surface area contributed by atoms with Crippen molar-refractivity contribution in [3.63, 3.8) is 0 Å². The molecule has 0 aliphatic carbocycles. The van der Waals surface area contributed by atoms with Gasteiger partial charge in [-0.25, -0.2) is 0 Å². The molecule has 0 aliphatic heterocycles. The van der Waals surface area contributed by atoms with Crippen molar-refractivity contribution < 1.29 is 14.6 Å². The molecule has 0 unspecified atom stereocenters. The van der Waals surface area contributed by atoms with Gasteiger partial charge in [0.25, 0.3) is 0 Å². The van der Waals surface area contributed by atoms with E-state index in [4.69, 9.17) is 4.42 Å². The maximum atomic E-state index is 9.66. The normalized spacial score (nSPS) is 10.9. The van der Waals surface area contributed by atoms with E-state index in [1.807, 2.05) is 13.0 Å². The molecule has 2 N–H and O–H groups in total. The number of fused-ring (bicyclic) bond motifs is 1. The fourth-order valence-corrected chi connectivity index (χ4v) is 2.01. The highest BCUT2D eigenvalue weighted by Gasteiger charge is 2.10. The van der Waals surface area contributed by atoms with Gasteiger partial charge in [-0.2, -0.15) is 0 Å². The summed E-state index contributed by atoms with van der Waals surface area (Å²) in [6.07, 6.45) is 0. The molecule has 1 aromatic heterocycles. The summed E-state index contributed by atoms with van der Waals surface area (Å²) in [6.45, 7) is 1.85. The molecule has 1 heterocycles. The van der Waals surface area contributed by atoms with E-state index in [0.717, 1.165) is 27.9 Å². The Balaban J connectivity index is 2.19. The average molecular weight is 240 g/mol. The topological polar surface area (TPSA) is 53.6 Å². The van der Waals surface area contributed by atoms with Gasteiger partial charge in [-0.1, -0.05) is 0 Å². The number of phenolic OH excluding ortho intramolecular Hbond substituents is 2. The molecular weight excluding hydrogens is 228 g/mol. The molecule has 0 amide bonds. The summed E-state index contributed by atoms with van der Waals surface area (Å²) in [7, 11) is 0. The Morgan fingerprint density at radius 2 is 1.67 bits per heavy atom. The first-order valence-corrected chi connectivity index (χ1v) is 5.66. The zero-order valence-electron chi connectivity index (χ0n) is 9.84. The smallest absolute Gasteiger partial charge is 0.135 e. The quantitative estimate of drug-likeness (QED) is 0.679. The molecular formula is C15H12O3. The van der Waals surface area contributed by atoms with Crippen molar-refractivity contribution in [2.24, 2.45) is 0 Å². The predicted molar refractivity (Wildman–Crippen MR) is 69.7 cm³/mol. The second-order valence-corrected chi connectivity index (χ2v) is 4.28. The Kier molecular flexibility index (Phi) is 2.27. The van der Waals surface area contributed by atoms with Gasteiger partial charge < -0.3 is 14.6 Å². The summed E-state index contributed by atoms with van der Waals surface area (Å²) in [5.41, 5.74) is 2.44. The van der Waals surface area contributed by atoms with Crippen LogP contribution in [0.3, 0.4) is 0 Å². The fourth-order valence-electron chi connectivity index (χ4n) is 2.01. The summed E-state index contributed by atoms with van der Waals surface area (Å²) in [5.74, 6) is 1.21. The third kappa shape index (κ3) is 1.61. The predicted octanol–water partition coefficient (Wildman–Crippen LogP) is 3.82. The summed E-state index contributed by atoms with van der Waals surface area (Å²) in [4.78, 5) is 0. The number of furan rings is 1. The lowest BCUT2D eigenvalue weighted by molar-refractivity contribution is 0.471. The highest BCUT2D eigenvalue weighted by atomic mass is 16.3. The molecule has 0 fully saturated rings. The third-order valence-electron chi connectivity index (χ3n) is 3.09.